The number of carboxylic acid groups (broad SMARTS) is 1. The number of rotatable bonds is 4. The fourth-order valence-corrected chi connectivity index (χ4v) is 3.04. The highest BCUT2D eigenvalue weighted by molar-refractivity contribution is 6.32. The summed E-state index contributed by atoms with van der Waals surface area (Å²) in [7, 11) is 0. The molecule has 2 aromatic carbocycles. The maximum atomic E-state index is 11.2. The number of oxazole rings is 1. The third-order valence-corrected chi connectivity index (χ3v) is 4.14. The molecule has 0 atom stereocenters. The average Bonchev–Trinajstić information content (AvgIpc) is 3.05. The number of aliphatic carboxylic acids is 1. The molecule has 4 rings (SSSR count). The molecule has 1 aromatic heterocycles. The number of carbonyl (C=O) groups is 1. The number of carbonyl (C=O) groups excluding carboxylic acids is 1. The Morgan fingerprint density at radius 1 is 1.23 bits per heavy atom. The Morgan fingerprint density at radius 2 is 2.04 bits per heavy atom. The molecule has 1 aliphatic heterocycles. The molecule has 0 N–H and O–H groups in total. The molecule has 0 spiro atoms. The van der Waals surface area contributed by atoms with Crippen molar-refractivity contribution in [1.29, 1.82) is 0 Å². The lowest BCUT2D eigenvalue weighted by molar-refractivity contribution is -0.304. The SMILES string of the molecule is O=C([O-])C/C(=C\c1cc(Cl)c2c(c1)OCCO2)c1nc2ccccc2o1. The van der Waals surface area contributed by atoms with E-state index in [1.54, 1.807) is 30.3 Å². The van der Waals surface area contributed by atoms with E-state index in [1.807, 2.05) is 12.1 Å². The Morgan fingerprint density at radius 3 is 2.85 bits per heavy atom. The predicted octanol–water partition coefficient (Wildman–Crippen LogP) is 2.93. The lowest BCUT2D eigenvalue weighted by Gasteiger charge is -2.20. The molecule has 0 aliphatic carbocycles. The van der Waals surface area contributed by atoms with Crippen molar-refractivity contribution in [2.45, 2.75) is 6.42 Å². The van der Waals surface area contributed by atoms with Gasteiger partial charge in [0.2, 0.25) is 5.89 Å². The van der Waals surface area contributed by atoms with Gasteiger partial charge in [0.25, 0.3) is 0 Å². The fraction of sp³-hybridized carbons (Fsp3) is 0.158. The minimum atomic E-state index is -1.23. The van der Waals surface area contributed by atoms with Gasteiger partial charge in [-0.2, -0.15) is 0 Å². The second kappa shape index (κ2) is 6.72. The van der Waals surface area contributed by atoms with Crippen LogP contribution >= 0.6 is 11.6 Å². The molecule has 0 fully saturated rings. The standard InChI is InChI=1S/C19H14ClNO5/c20-13-8-11(9-16-18(13)25-6-5-24-16)7-12(10-17(22)23)19-21-14-3-1-2-4-15(14)26-19/h1-4,7-9H,5-6,10H2,(H,22,23)/p-1/b12-7+. The van der Waals surface area contributed by atoms with Crippen LogP contribution in [0.25, 0.3) is 22.7 Å². The third kappa shape index (κ3) is 3.23. The highest BCUT2D eigenvalue weighted by atomic mass is 35.5. The molecule has 0 saturated heterocycles. The minimum Gasteiger partial charge on any atom is -0.550 e. The number of ether oxygens (including phenoxy) is 2. The van der Waals surface area contributed by atoms with E-state index in [0.29, 0.717) is 52.0 Å². The smallest absolute Gasteiger partial charge is 0.223 e. The van der Waals surface area contributed by atoms with Gasteiger partial charge in [0.05, 0.1) is 5.02 Å². The Balaban J connectivity index is 1.79. The second-order valence-corrected chi connectivity index (χ2v) is 6.14. The molecule has 2 heterocycles. The van der Waals surface area contributed by atoms with E-state index in [0.717, 1.165) is 0 Å². The highest BCUT2D eigenvalue weighted by Crippen LogP contribution is 2.39. The molecule has 1 aliphatic rings. The topological polar surface area (TPSA) is 84.6 Å². The van der Waals surface area contributed by atoms with Crippen molar-refractivity contribution in [1.82, 2.24) is 4.98 Å². The zero-order valence-corrected chi connectivity index (χ0v) is 14.3. The molecule has 132 valence electrons. The first kappa shape index (κ1) is 16.5. The fourth-order valence-electron chi connectivity index (χ4n) is 2.77. The van der Waals surface area contributed by atoms with Gasteiger partial charge in [-0.15, -0.1) is 0 Å². The van der Waals surface area contributed by atoms with Crippen molar-refractivity contribution in [3.63, 3.8) is 0 Å². The molecule has 3 aromatic rings. The average molecular weight is 371 g/mol. The van der Waals surface area contributed by atoms with Crippen LogP contribution in [0, 0.1) is 0 Å². The first-order valence-electron chi connectivity index (χ1n) is 7.95. The van der Waals surface area contributed by atoms with Crippen molar-refractivity contribution >= 4 is 40.3 Å². The van der Waals surface area contributed by atoms with Gasteiger partial charge in [-0.1, -0.05) is 23.7 Å². The van der Waals surface area contributed by atoms with E-state index in [1.165, 1.54) is 0 Å². The van der Waals surface area contributed by atoms with Gasteiger partial charge in [0.15, 0.2) is 17.1 Å². The Hall–Kier alpha value is -2.99. The maximum Gasteiger partial charge on any atom is 0.223 e. The molecule has 7 heteroatoms. The molecule has 0 unspecified atom stereocenters. The summed E-state index contributed by atoms with van der Waals surface area (Å²) in [5.74, 6) is -0.0118. The number of fused-ring (bicyclic) bond motifs is 2. The molecule has 0 bridgehead atoms. The summed E-state index contributed by atoms with van der Waals surface area (Å²) in [6.45, 7) is 0.855. The second-order valence-electron chi connectivity index (χ2n) is 5.73. The first-order chi connectivity index (χ1) is 12.6. The van der Waals surface area contributed by atoms with Crippen molar-refractivity contribution < 1.29 is 23.8 Å². The van der Waals surface area contributed by atoms with Crippen LogP contribution in [0.4, 0.5) is 0 Å². The van der Waals surface area contributed by atoms with Crippen molar-refractivity contribution in [2.75, 3.05) is 13.2 Å². The summed E-state index contributed by atoms with van der Waals surface area (Å²) < 4.78 is 16.7. The lowest BCUT2D eigenvalue weighted by atomic mass is 10.1. The molecule has 0 amide bonds. The summed E-state index contributed by atoms with van der Waals surface area (Å²) in [6.07, 6.45) is 1.30. The van der Waals surface area contributed by atoms with Crippen LogP contribution in [-0.4, -0.2) is 24.2 Å². The summed E-state index contributed by atoms with van der Waals surface area (Å²) in [5, 5.41) is 11.6. The minimum absolute atomic E-state index is 0.224. The summed E-state index contributed by atoms with van der Waals surface area (Å²) >= 11 is 6.24. The Kier molecular flexibility index (Phi) is 4.26. The monoisotopic (exact) mass is 370 g/mol. The van der Waals surface area contributed by atoms with Crippen molar-refractivity contribution in [3.8, 4) is 11.5 Å². The van der Waals surface area contributed by atoms with Crippen LogP contribution in [-0.2, 0) is 4.79 Å². The van der Waals surface area contributed by atoms with E-state index in [2.05, 4.69) is 4.98 Å². The number of nitrogens with zero attached hydrogens (tertiary/aromatic N) is 1. The summed E-state index contributed by atoms with van der Waals surface area (Å²) in [5.41, 5.74) is 2.24. The number of carboxylic acids is 1. The van der Waals surface area contributed by atoms with Crippen LogP contribution in [0.1, 0.15) is 17.9 Å². The quantitative estimate of drug-likeness (QED) is 0.702. The van der Waals surface area contributed by atoms with Gasteiger partial charge in [-0.05, 0) is 35.9 Å². The van der Waals surface area contributed by atoms with E-state index in [4.69, 9.17) is 25.5 Å². The Bertz CT molecular complexity index is 991. The predicted molar refractivity (Wildman–Crippen MR) is 93.9 cm³/mol. The zero-order valence-electron chi connectivity index (χ0n) is 13.5. The highest BCUT2D eigenvalue weighted by Gasteiger charge is 2.17. The normalized spacial score (nSPS) is 13.8. The molecular formula is C19H13ClNO5-. The summed E-state index contributed by atoms with van der Waals surface area (Å²) in [4.78, 5) is 15.6. The van der Waals surface area contributed by atoms with Crippen molar-refractivity contribution in [2.24, 2.45) is 0 Å². The molecule has 0 saturated carbocycles. The number of para-hydroxylation sites is 2. The number of benzene rings is 2. The van der Waals surface area contributed by atoms with Gasteiger partial charge < -0.3 is 23.8 Å². The van der Waals surface area contributed by atoms with Gasteiger partial charge in [0.1, 0.15) is 18.7 Å². The maximum absolute atomic E-state index is 11.2. The largest absolute Gasteiger partial charge is 0.550 e. The van der Waals surface area contributed by atoms with E-state index in [-0.39, 0.29) is 12.3 Å². The van der Waals surface area contributed by atoms with Crippen LogP contribution in [0.3, 0.4) is 0 Å². The molecular weight excluding hydrogens is 358 g/mol. The van der Waals surface area contributed by atoms with E-state index < -0.39 is 5.97 Å². The van der Waals surface area contributed by atoms with Gasteiger partial charge in [0, 0.05) is 18.0 Å². The van der Waals surface area contributed by atoms with Gasteiger partial charge in [-0.25, -0.2) is 4.98 Å². The summed E-state index contributed by atoms with van der Waals surface area (Å²) in [6, 6.07) is 10.6. The molecule has 26 heavy (non-hydrogen) atoms. The first-order valence-corrected chi connectivity index (χ1v) is 8.33. The number of hydrogen-bond acceptors (Lipinski definition) is 6. The third-order valence-electron chi connectivity index (χ3n) is 3.86. The number of hydrogen-bond donors (Lipinski definition) is 0. The van der Waals surface area contributed by atoms with Gasteiger partial charge in [-0.3, -0.25) is 0 Å². The Labute approximate surface area is 153 Å². The van der Waals surface area contributed by atoms with Crippen molar-refractivity contribution in [3.05, 3.63) is 52.9 Å². The van der Waals surface area contributed by atoms with Crippen LogP contribution in [0.15, 0.2) is 40.8 Å². The lowest BCUT2D eigenvalue weighted by Crippen LogP contribution is -2.22. The van der Waals surface area contributed by atoms with Crippen LogP contribution in [0.2, 0.25) is 5.02 Å². The van der Waals surface area contributed by atoms with Crippen LogP contribution < -0.4 is 14.6 Å². The zero-order chi connectivity index (χ0) is 18.1. The van der Waals surface area contributed by atoms with Crippen LogP contribution in [0.5, 0.6) is 11.5 Å². The van der Waals surface area contributed by atoms with E-state index >= 15 is 0 Å². The molecule has 6 nitrogen and oxygen atoms in total. The number of halogens is 1. The molecule has 0 radical (unpaired) electrons. The van der Waals surface area contributed by atoms with E-state index in [9.17, 15) is 9.90 Å². The number of aromatic nitrogens is 1. The van der Waals surface area contributed by atoms with Gasteiger partial charge >= 0.3 is 0 Å².